The van der Waals surface area contributed by atoms with E-state index in [0.29, 0.717) is 13.1 Å². The Morgan fingerprint density at radius 2 is 1.88 bits per heavy atom. The number of carbonyl (C=O) groups excluding carboxylic acids is 1. The fourth-order valence-corrected chi connectivity index (χ4v) is 2.47. The molecular formula is C20H19FN2O3. The molecule has 0 aliphatic carbocycles. The first kappa shape index (κ1) is 17.7. The molecule has 3 aromatic rings. The largest absolute Gasteiger partial charge is 0.481 e. The molecule has 6 heteroatoms. The number of rotatable bonds is 7. The smallest absolute Gasteiger partial charge is 0.276 e. The third-order valence-electron chi connectivity index (χ3n) is 3.84. The van der Waals surface area contributed by atoms with Gasteiger partial charge in [0.25, 0.3) is 5.91 Å². The van der Waals surface area contributed by atoms with Gasteiger partial charge in [0.1, 0.15) is 6.26 Å². The Balaban J connectivity index is 1.64. The number of benzene rings is 2. The minimum atomic E-state index is -0.463. The van der Waals surface area contributed by atoms with Gasteiger partial charge >= 0.3 is 0 Å². The Morgan fingerprint density at radius 1 is 1.15 bits per heavy atom. The Hall–Kier alpha value is -3.15. The van der Waals surface area contributed by atoms with Gasteiger partial charge < -0.3 is 14.1 Å². The van der Waals surface area contributed by atoms with E-state index in [9.17, 15) is 9.18 Å². The maximum absolute atomic E-state index is 13.5. The summed E-state index contributed by atoms with van der Waals surface area (Å²) in [5.41, 5.74) is 1.24. The number of aromatic nitrogens is 1. The van der Waals surface area contributed by atoms with Crippen LogP contribution in [0.15, 0.2) is 65.3 Å². The standard InChI is InChI=1S/C20H19FN2O3/c1-2-23(12-15-8-4-3-5-9-15)20(24)17-13-26-19(22-17)14-25-18-11-7-6-10-16(18)21/h3-11,13H,2,12,14H2,1H3. The highest BCUT2D eigenvalue weighted by atomic mass is 19.1. The first-order valence-corrected chi connectivity index (χ1v) is 8.32. The molecule has 0 bridgehead atoms. The van der Waals surface area contributed by atoms with Crippen molar-refractivity contribution in [1.82, 2.24) is 9.88 Å². The van der Waals surface area contributed by atoms with Crippen molar-refractivity contribution in [3.05, 3.63) is 83.8 Å². The lowest BCUT2D eigenvalue weighted by molar-refractivity contribution is 0.0746. The van der Waals surface area contributed by atoms with Gasteiger partial charge in [-0.1, -0.05) is 42.5 Å². The molecule has 2 aromatic carbocycles. The van der Waals surface area contributed by atoms with E-state index in [1.165, 1.54) is 18.4 Å². The highest BCUT2D eigenvalue weighted by Gasteiger charge is 2.19. The van der Waals surface area contributed by atoms with Gasteiger partial charge in [-0.15, -0.1) is 0 Å². The normalized spacial score (nSPS) is 10.5. The van der Waals surface area contributed by atoms with Gasteiger partial charge in [-0.2, -0.15) is 0 Å². The molecule has 0 fully saturated rings. The molecule has 0 atom stereocenters. The van der Waals surface area contributed by atoms with Crippen LogP contribution in [-0.4, -0.2) is 22.3 Å². The third kappa shape index (κ3) is 4.27. The summed E-state index contributed by atoms with van der Waals surface area (Å²) in [6.45, 7) is 2.88. The van der Waals surface area contributed by atoms with Gasteiger partial charge in [-0.25, -0.2) is 9.37 Å². The van der Waals surface area contributed by atoms with Crippen LogP contribution in [0.25, 0.3) is 0 Å². The topological polar surface area (TPSA) is 55.6 Å². The molecule has 0 spiro atoms. The van der Waals surface area contributed by atoms with Gasteiger partial charge in [0.15, 0.2) is 23.9 Å². The van der Waals surface area contributed by atoms with Gasteiger partial charge in [-0.3, -0.25) is 4.79 Å². The van der Waals surface area contributed by atoms with Gasteiger partial charge in [-0.05, 0) is 24.6 Å². The Bertz CT molecular complexity index is 864. The molecule has 3 rings (SSSR count). The molecule has 0 N–H and O–H groups in total. The highest BCUT2D eigenvalue weighted by molar-refractivity contribution is 5.91. The van der Waals surface area contributed by atoms with Crippen LogP contribution in [0.1, 0.15) is 28.9 Å². The molecule has 5 nitrogen and oxygen atoms in total. The average molecular weight is 354 g/mol. The molecular weight excluding hydrogens is 335 g/mol. The molecule has 0 saturated carbocycles. The summed E-state index contributed by atoms with van der Waals surface area (Å²) in [6, 6.07) is 15.8. The van der Waals surface area contributed by atoms with Crippen LogP contribution in [0.3, 0.4) is 0 Å². The monoisotopic (exact) mass is 354 g/mol. The number of hydrogen-bond donors (Lipinski definition) is 0. The summed E-state index contributed by atoms with van der Waals surface area (Å²) >= 11 is 0. The van der Waals surface area contributed by atoms with Crippen molar-refractivity contribution >= 4 is 5.91 Å². The molecule has 26 heavy (non-hydrogen) atoms. The summed E-state index contributed by atoms with van der Waals surface area (Å²) in [4.78, 5) is 18.5. The lowest BCUT2D eigenvalue weighted by Gasteiger charge is -2.19. The van der Waals surface area contributed by atoms with Gasteiger partial charge in [0.2, 0.25) is 5.89 Å². The number of nitrogens with zero attached hydrogens (tertiary/aromatic N) is 2. The van der Waals surface area contributed by atoms with Crippen LogP contribution >= 0.6 is 0 Å². The number of ether oxygens (including phenoxy) is 1. The van der Waals surface area contributed by atoms with Crippen molar-refractivity contribution in [3.63, 3.8) is 0 Å². The second kappa shape index (κ2) is 8.29. The summed E-state index contributed by atoms with van der Waals surface area (Å²) in [5.74, 6) is -0.363. The summed E-state index contributed by atoms with van der Waals surface area (Å²) < 4.78 is 24.2. The van der Waals surface area contributed by atoms with Gasteiger partial charge in [0, 0.05) is 13.1 Å². The lowest BCUT2D eigenvalue weighted by atomic mass is 10.2. The predicted octanol–water partition coefficient (Wildman–Crippen LogP) is 4.06. The molecule has 134 valence electrons. The molecule has 1 amide bonds. The van der Waals surface area contributed by atoms with Crippen LogP contribution in [-0.2, 0) is 13.2 Å². The molecule has 0 aliphatic heterocycles. The average Bonchev–Trinajstić information content (AvgIpc) is 3.15. The van der Waals surface area contributed by atoms with E-state index in [1.54, 1.807) is 17.0 Å². The second-order valence-electron chi connectivity index (χ2n) is 5.65. The number of carbonyl (C=O) groups is 1. The highest BCUT2D eigenvalue weighted by Crippen LogP contribution is 2.17. The molecule has 0 aliphatic rings. The van der Waals surface area contributed by atoms with E-state index in [0.717, 1.165) is 5.56 Å². The van der Waals surface area contributed by atoms with E-state index in [4.69, 9.17) is 9.15 Å². The number of para-hydroxylation sites is 1. The maximum Gasteiger partial charge on any atom is 0.276 e. The fourth-order valence-electron chi connectivity index (χ4n) is 2.47. The molecule has 0 saturated heterocycles. The van der Waals surface area contributed by atoms with Crippen LogP contribution in [0.4, 0.5) is 4.39 Å². The van der Waals surface area contributed by atoms with Crippen molar-refractivity contribution in [2.75, 3.05) is 6.54 Å². The molecule has 1 heterocycles. The first-order valence-electron chi connectivity index (χ1n) is 8.32. The van der Waals surface area contributed by atoms with E-state index >= 15 is 0 Å². The Kier molecular flexibility index (Phi) is 5.63. The Labute approximate surface area is 151 Å². The van der Waals surface area contributed by atoms with Crippen molar-refractivity contribution in [1.29, 1.82) is 0 Å². The molecule has 0 radical (unpaired) electrons. The number of halogens is 1. The number of oxazole rings is 1. The maximum atomic E-state index is 13.5. The van der Waals surface area contributed by atoms with Crippen molar-refractivity contribution in [2.45, 2.75) is 20.1 Å². The minimum Gasteiger partial charge on any atom is -0.481 e. The van der Waals surface area contributed by atoms with E-state index < -0.39 is 5.82 Å². The van der Waals surface area contributed by atoms with E-state index in [1.807, 2.05) is 37.3 Å². The lowest BCUT2D eigenvalue weighted by Crippen LogP contribution is -2.30. The predicted molar refractivity (Wildman–Crippen MR) is 94.1 cm³/mol. The zero-order valence-corrected chi connectivity index (χ0v) is 14.4. The van der Waals surface area contributed by atoms with Gasteiger partial charge in [0.05, 0.1) is 0 Å². The molecule has 1 aromatic heterocycles. The quantitative estimate of drug-likeness (QED) is 0.642. The molecule has 0 unspecified atom stereocenters. The minimum absolute atomic E-state index is 0.0565. The fraction of sp³-hybridized carbons (Fsp3) is 0.200. The second-order valence-corrected chi connectivity index (χ2v) is 5.65. The number of amides is 1. The van der Waals surface area contributed by atoms with Crippen molar-refractivity contribution in [3.8, 4) is 5.75 Å². The van der Waals surface area contributed by atoms with Crippen molar-refractivity contribution < 1.29 is 18.3 Å². The van der Waals surface area contributed by atoms with Crippen LogP contribution in [0.2, 0.25) is 0 Å². The van der Waals surface area contributed by atoms with Crippen molar-refractivity contribution in [2.24, 2.45) is 0 Å². The van der Waals surface area contributed by atoms with Crippen LogP contribution < -0.4 is 4.74 Å². The SMILES string of the molecule is CCN(Cc1ccccc1)C(=O)c1coc(COc2ccccc2F)n1. The zero-order chi connectivity index (χ0) is 18.4. The van der Waals surface area contributed by atoms with E-state index in [-0.39, 0.29) is 29.8 Å². The Morgan fingerprint density at radius 3 is 2.62 bits per heavy atom. The third-order valence-corrected chi connectivity index (χ3v) is 3.84. The number of hydrogen-bond acceptors (Lipinski definition) is 4. The van der Waals surface area contributed by atoms with E-state index in [2.05, 4.69) is 4.98 Å². The summed E-state index contributed by atoms with van der Waals surface area (Å²) in [7, 11) is 0. The zero-order valence-electron chi connectivity index (χ0n) is 14.4. The summed E-state index contributed by atoms with van der Waals surface area (Å²) in [5, 5.41) is 0. The van der Waals surface area contributed by atoms with Crippen LogP contribution in [0.5, 0.6) is 5.75 Å². The van der Waals surface area contributed by atoms with Crippen LogP contribution in [0, 0.1) is 5.82 Å². The summed E-state index contributed by atoms with van der Waals surface area (Å²) in [6.07, 6.45) is 1.30. The first-order chi connectivity index (χ1) is 12.7.